The van der Waals surface area contributed by atoms with E-state index in [1.165, 1.54) is 6.39 Å². The van der Waals surface area contributed by atoms with Gasteiger partial charge in [-0.1, -0.05) is 0 Å². The lowest BCUT2D eigenvalue weighted by Gasteiger charge is -2.14. The van der Waals surface area contributed by atoms with Crippen LogP contribution in [0.1, 0.15) is 17.9 Å². The van der Waals surface area contributed by atoms with Gasteiger partial charge in [-0.15, -0.1) is 0 Å². The van der Waals surface area contributed by atoms with Crippen molar-refractivity contribution in [1.29, 1.82) is 0 Å². The number of hydrogen-bond acceptors (Lipinski definition) is 4. The van der Waals surface area contributed by atoms with Crippen LogP contribution in [0.4, 0.5) is 0 Å². The van der Waals surface area contributed by atoms with E-state index >= 15 is 0 Å². The van der Waals surface area contributed by atoms with Gasteiger partial charge in [0.2, 0.25) is 0 Å². The van der Waals surface area contributed by atoms with E-state index in [4.69, 9.17) is 10.2 Å². The molecule has 4 heteroatoms. The zero-order valence-electron chi connectivity index (χ0n) is 8.29. The summed E-state index contributed by atoms with van der Waals surface area (Å²) in [5.74, 6) is 0.902. The monoisotopic (exact) mass is 183 g/mol. The van der Waals surface area contributed by atoms with E-state index in [1.807, 2.05) is 6.92 Å². The van der Waals surface area contributed by atoms with Crippen molar-refractivity contribution in [2.24, 2.45) is 5.73 Å². The van der Waals surface area contributed by atoms with Gasteiger partial charge in [0, 0.05) is 6.54 Å². The summed E-state index contributed by atoms with van der Waals surface area (Å²) in [4.78, 5) is 6.32. The number of oxazole rings is 1. The first-order valence-corrected chi connectivity index (χ1v) is 4.51. The van der Waals surface area contributed by atoms with Crippen LogP contribution >= 0.6 is 0 Å². The largest absolute Gasteiger partial charge is 0.448 e. The van der Waals surface area contributed by atoms with Crippen molar-refractivity contribution < 1.29 is 4.42 Å². The first kappa shape index (κ1) is 10.2. The van der Waals surface area contributed by atoms with Crippen LogP contribution in [-0.2, 0) is 6.54 Å². The van der Waals surface area contributed by atoms with Gasteiger partial charge in [0.1, 0.15) is 5.76 Å². The second-order valence-corrected chi connectivity index (χ2v) is 3.24. The molecule has 2 N–H and O–H groups in total. The molecule has 4 nitrogen and oxygen atoms in total. The van der Waals surface area contributed by atoms with Crippen LogP contribution in [0.3, 0.4) is 0 Å². The fraction of sp³-hybridized carbons (Fsp3) is 0.667. The maximum Gasteiger partial charge on any atom is 0.181 e. The van der Waals surface area contributed by atoms with Gasteiger partial charge in [0.05, 0.1) is 5.69 Å². The molecule has 0 saturated heterocycles. The minimum absolute atomic E-state index is 0.738. The average molecular weight is 183 g/mol. The number of nitrogens with zero attached hydrogens (tertiary/aromatic N) is 2. The molecule has 1 aromatic heterocycles. The molecule has 0 aliphatic heterocycles. The van der Waals surface area contributed by atoms with E-state index in [9.17, 15) is 0 Å². The molecule has 0 radical (unpaired) electrons. The quantitative estimate of drug-likeness (QED) is 0.732. The Bertz CT molecular complexity index is 247. The SMILES string of the molecule is Cc1ocnc1CN(C)CCCN. The molecule has 1 aromatic rings. The molecule has 0 spiro atoms. The summed E-state index contributed by atoms with van der Waals surface area (Å²) in [5.41, 5.74) is 6.43. The minimum atomic E-state index is 0.738. The number of hydrogen-bond donors (Lipinski definition) is 1. The lowest BCUT2D eigenvalue weighted by Crippen LogP contribution is -2.21. The van der Waals surface area contributed by atoms with Crippen molar-refractivity contribution in [3.05, 3.63) is 17.8 Å². The van der Waals surface area contributed by atoms with Gasteiger partial charge in [0.15, 0.2) is 6.39 Å². The fourth-order valence-electron chi connectivity index (χ4n) is 1.18. The standard InChI is InChI=1S/C9H17N3O/c1-8-9(11-7-13-8)6-12(2)5-3-4-10/h7H,3-6,10H2,1-2H3. The molecule has 0 amide bonds. The Morgan fingerprint density at radius 2 is 2.38 bits per heavy atom. The molecule has 0 aliphatic carbocycles. The molecular weight excluding hydrogens is 166 g/mol. The van der Waals surface area contributed by atoms with Crippen molar-refractivity contribution in [2.75, 3.05) is 20.1 Å². The lowest BCUT2D eigenvalue weighted by molar-refractivity contribution is 0.318. The van der Waals surface area contributed by atoms with Gasteiger partial charge >= 0.3 is 0 Å². The molecule has 0 unspecified atom stereocenters. The maximum absolute atomic E-state index is 5.42. The van der Waals surface area contributed by atoms with E-state index in [0.29, 0.717) is 0 Å². The van der Waals surface area contributed by atoms with Crippen molar-refractivity contribution in [3.63, 3.8) is 0 Å². The van der Waals surface area contributed by atoms with Gasteiger partial charge in [-0.25, -0.2) is 4.98 Å². The third-order valence-corrected chi connectivity index (χ3v) is 2.01. The third kappa shape index (κ3) is 3.16. The van der Waals surface area contributed by atoms with Crippen molar-refractivity contribution in [2.45, 2.75) is 19.9 Å². The number of rotatable bonds is 5. The summed E-state index contributed by atoms with van der Waals surface area (Å²) in [6.45, 7) is 4.51. The molecule has 0 aromatic carbocycles. The van der Waals surface area contributed by atoms with Gasteiger partial charge in [0.25, 0.3) is 0 Å². The smallest absolute Gasteiger partial charge is 0.181 e. The van der Waals surface area contributed by atoms with E-state index in [0.717, 1.165) is 37.5 Å². The average Bonchev–Trinajstić information content (AvgIpc) is 2.48. The van der Waals surface area contributed by atoms with Gasteiger partial charge in [-0.3, -0.25) is 0 Å². The Hall–Kier alpha value is -0.870. The van der Waals surface area contributed by atoms with Crippen molar-refractivity contribution in [3.8, 4) is 0 Å². The number of aromatic nitrogens is 1. The highest BCUT2D eigenvalue weighted by Gasteiger charge is 2.05. The van der Waals surface area contributed by atoms with Crippen LogP contribution in [0.25, 0.3) is 0 Å². The van der Waals surface area contributed by atoms with Crippen LogP contribution in [0.15, 0.2) is 10.8 Å². The summed E-state index contributed by atoms with van der Waals surface area (Å²) in [5, 5.41) is 0. The lowest BCUT2D eigenvalue weighted by atomic mass is 10.3. The highest BCUT2D eigenvalue weighted by atomic mass is 16.3. The van der Waals surface area contributed by atoms with E-state index in [2.05, 4.69) is 16.9 Å². The molecule has 0 fully saturated rings. The second-order valence-electron chi connectivity index (χ2n) is 3.24. The predicted molar refractivity (Wildman–Crippen MR) is 51.2 cm³/mol. The molecule has 74 valence electrons. The Balaban J connectivity index is 2.36. The molecular formula is C9H17N3O. The van der Waals surface area contributed by atoms with Crippen LogP contribution in [0, 0.1) is 6.92 Å². The zero-order valence-corrected chi connectivity index (χ0v) is 8.29. The maximum atomic E-state index is 5.42. The zero-order chi connectivity index (χ0) is 9.68. The van der Waals surface area contributed by atoms with Crippen LogP contribution < -0.4 is 5.73 Å². The summed E-state index contributed by atoms with van der Waals surface area (Å²) < 4.78 is 5.11. The Morgan fingerprint density at radius 1 is 1.62 bits per heavy atom. The van der Waals surface area contributed by atoms with Crippen LogP contribution in [-0.4, -0.2) is 30.0 Å². The summed E-state index contributed by atoms with van der Waals surface area (Å²) in [6, 6.07) is 0. The highest BCUT2D eigenvalue weighted by Crippen LogP contribution is 2.06. The molecule has 0 bridgehead atoms. The summed E-state index contributed by atoms with van der Waals surface area (Å²) in [6.07, 6.45) is 2.51. The van der Waals surface area contributed by atoms with Crippen LogP contribution in [0.5, 0.6) is 0 Å². The topological polar surface area (TPSA) is 55.3 Å². The van der Waals surface area contributed by atoms with Gasteiger partial charge < -0.3 is 15.1 Å². The van der Waals surface area contributed by atoms with Crippen molar-refractivity contribution >= 4 is 0 Å². The van der Waals surface area contributed by atoms with Gasteiger partial charge in [-0.2, -0.15) is 0 Å². The van der Waals surface area contributed by atoms with E-state index < -0.39 is 0 Å². The molecule has 1 heterocycles. The van der Waals surface area contributed by atoms with Crippen molar-refractivity contribution in [1.82, 2.24) is 9.88 Å². The molecule has 0 saturated carbocycles. The molecule has 1 rings (SSSR count). The first-order chi connectivity index (χ1) is 6.24. The minimum Gasteiger partial charge on any atom is -0.448 e. The fourth-order valence-corrected chi connectivity index (χ4v) is 1.18. The third-order valence-electron chi connectivity index (χ3n) is 2.01. The normalized spacial score (nSPS) is 11.1. The van der Waals surface area contributed by atoms with Crippen LogP contribution in [0.2, 0.25) is 0 Å². The Morgan fingerprint density at radius 3 is 2.92 bits per heavy atom. The predicted octanol–water partition coefficient (Wildman–Crippen LogP) is 0.764. The van der Waals surface area contributed by atoms with Gasteiger partial charge in [-0.05, 0) is 33.5 Å². The number of nitrogens with two attached hydrogens (primary N) is 1. The molecule has 0 aliphatic rings. The Kier molecular flexibility index (Phi) is 3.92. The molecule has 13 heavy (non-hydrogen) atoms. The highest BCUT2D eigenvalue weighted by molar-refractivity contribution is 5.03. The Labute approximate surface area is 78.7 Å². The summed E-state index contributed by atoms with van der Waals surface area (Å²) in [7, 11) is 2.06. The molecule has 0 atom stereocenters. The number of aryl methyl sites for hydroxylation is 1. The first-order valence-electron chi connectivity index (χ1n) is 4.51. The second kappa shape index (κ2) is 4.99. The summed E-state index contributed by atoms with van der Waals surface area (Å²) >= 11 is 0. The van der Waals surface area contributed by atoms with E-state index in [-0.39, 0.29) is 0 Å². The van der Waals surface area contributed by atoms with E-state index in [1.54, 1.807) is 0 Å².